The number of fused-ring (bicyclic) bond motifs is 3. The van der Waals surface area contributed by atoms with E-state index in [1.54, 1.807) is 23.1 Å². The van der Waals surface area contributed by atoms with E-state index >= 15 is 0 Å². The van der Waals surface area contributed by atoms with Crippen molar-refractivity contribution in [3.63, 3.8) is 0 Å². The first-order valence-corrected chi connectivity index (χ1v) is 12.7. The third kappa shape index (κ3) is 4.74. The smallest absolute Gasteiger partial charge is 0.329 e. The van der Waals surface area contributed by atoms with E-state index in [9.17, 15) is 4.79 Å². The highest BCUT2D eigenvalue weighted by molar-refractivity contribution is 8.01. The zero-order valence-corrected chi connectivity index (χ0v) is 19.5. The van der Waals surface area contributed by atoms with Gasteiger partial charge in [0.05, 0.1) is 10.6 Å². The lowest BCUT2D eigenvalue weighted by atomic mass is 9.89. The molecule has 0 bridgehead atoms. The number of aromatic nitrogens is 1. The van der Waals surface area contributed by atoms with E-state index in [1.807, 2.05) is 24.3 Å². The van der Waals surface area contributed by atoms with Crippen LogP contribution >= 0.6 is 23.1 Å². The van der Waals surface area contributed by atoms with E-state index in [0.29, 0.717) is 5.92 Å². The Morgan fingerprint density at radius 1 is 0.970 bits per heavy atom. The van der Waals surface area contributed by atoms with Crippen molar-refractivity contribution in [2.75, 3.05) is 12.4 Å². The predicted molar refractivity (Wildman–Crippen MR) is 133 cm³/mol. The Hall–Kier alpha value is -2.93. The molecule has 0 fully saturated rings. The molecule has 0 radical (unpaired) electrons. The minimum atomic E-state index is -0.965. The van der Waals surface area contributed by atoms with Crippen molar-refractivity contribution in [1.29, 1.82) is 0 Å². The summed E-state index contributed by atoms with van der Waals surface area (Å²) in [6.45, 7) is -0.325. The van der Waals surface area contributed by atoms with Gasteiger partial charge >= 0.3 is 5.97 Å². The van der Waals surface area contributed by atoms with Gasteiger partial charge in [-0.15, -0.1) is 11.3 Å². The van der Waals surface area contributed by atoms with Crippen molar-refractivity contribution in [3.05, 3.63) is 106 Å². The normalized spacial score (nSPS) is 14.3. The van der Waals surface area contributed by atoms with Crippen molar-refractivity contribution in [3.8, 4) is 11.3 Å². The number of thioether (sulfide) groups is 1. The molecule has 0 spiro atoms. The maximum Gasteiger partial charge on any atom is 0.329 e. The summed E-state index contributed by atoms with van der Waals surface area (Å²) >= 11 is 3.37. The summed E-state index contributed by atoms with van der Waals surface area (Å²) in [7, 11) is 0. The molecule has 0 amide bonds. The van der Waals surface area contributed by atoms with Gasteiger partial charge in [0.1, 0.15) is 12.7 Å². The van der Waals surface area contributed by atoms with Gasteiger partial charge in [-0.2, -0.15) is 0 Å². The number of ether oxygens (including phenoxy) is 1. The van der Waals surface area contributed by atoms with Crippen LogP contribution in [-0.4, -0.2) is 28.4 Å². The van der Waals surface area contributed by atoms with Gasteiger partial charge in [-0.05, 0) is 23.1 Å². The highest BCUT2D eigenvalue weighted by Crippen LogP contribution is 2.49. The van der Waals surface area contributed by atoms with Crippen LogP contribution in [0.1, 0.15) is 40.0 Å². The monoisotopic (exact) mass is 473 g/mol. The number of aliphatic carboxylic acids is 1. The van der Waals surface area contributed by atoms with E-state index in [-0.39, 0.29) is 12.7 Å². The van der Waals surface area contributed by atoms with E-state index in [1.165, 1.54) is 11.1 Å². The summed E-state index contributed by atoms with van der Waals surface area (Å²) in [5, 5.41) is 9.09. The number of carboxylic acids is 1. The zero-order valence-electron chi connectivity index (χ0n) is 17.9. The van der Waals surface area contributed by atoms with E-state index < -0.39 is 5.97 Å². The highest BCUT2D eigenvalue weighted by Gasteiger charge is 2.33. The van der Waals surface area contributed by atoms with Crippen molar-refractivity contribution >= 4 is 29.1 Å². The van der Waals surface area contributed by atoms with Crippen LogP contribution in [0.25, 0.3) is 11.3 Å². The Balaban J connectivity index is 1.33. The summed E-state index contributed by atoms with van der Waals surface area (Å²) in [4.78, 5) is 17.0. The van der Waals surface area contributed by atoms with E-state index in [0.717, 1.165) is 38.2 Å². The maximum absolute atomic E-state index is 11.1. The number of carboxylic acid groups (broad SMARTS) is 1. The number of hydrogen-bond acceptors (Lipinski definition) is 5. The van der Waals surface area contributed by atoms with Crippen LogP contribution in [0.2, 0.25) is 0 Å². The second kappa shape index (κ2) is 9.91. The largest absolute Gasteiger partial charge is 0.480 e. The SMILES string of the molecule is O=C(O)COC1c2ccccc2-c2nc(SCCC(c3ccccc3)c3ccccc3)sc21. The molecule has 1 atom stereocenters. The molecule has 1 N–H and O–H groups in total. The van der Waals surface area contributed by atoms with Gasteiger partial charge in [0.25, 0.3) is 0 Å². The third-order valence-corrected chi connectivity index (χ3v) is 8.05. The lowest BCUT2D eigenvalue weighted by Gasteiger charge is -2.17. The summed E-state index contributed by atoms with van der Waals surface area (Å²) < 4.78 is 6.75. The Labute approximate surface area is 201 Å². The topological polar surface area (TPSA) is 59.4 Å². The molecular formula is C27H23NO3S2. The van der Waals surface area contributed by atoms with Crippen molar-refractivity contribution in [1.82, 2.24) is 4.98 Å². The first-order valence-electron chi connectivity index (χ1n) is 10.9. The summed E-state index contributed by atoms with van der Waals surface area (Å²) in [5.74, 6) is 0.301. The average Bonchev–Trinajstić information content (AvgIpc) is 3.38. The third-order valence-electron chi connectivity index (χ3n) is 5.78. The minimum absolute atomic E-state index is 0.325. The molecule has 33 heavy (non-hydrogen) atoms. The predicted octanol–water partition coefficient (Wildman–Crippen LogP) is 6.63. The molecule has 3 aromatic carbocycles. The zero-order chi connectivity index (χ0) is 22.6. The first-order chi connectivity index (χ1) is 16.2. The molecule has 166 valence electrons. The Bertz CT molecular complexity index is 1200. The molecule has 1 heterocycles. The van der Waals surface area contributed by atoms with Crippen LogP contribution < -0.4 is 0 Å². The second-order valence-corrected chi connectivity index (χ2v) is 10.2. The first kappa shape index (κ1) is 21.9. The lowest BCUT2D eigenvalue weighted by Crippen LogP contribution is -2.10. The molecule has 0 saturated heterocycles. The standard InChI is InChI=1S/C27H23NO3S2/c29-23(30)17-31-25-22-14-8-7-13-21(22)24-26(25)33-27(28-24)32-16-15-20(18-9-3-1-4-10-18)19-11-5-2-6-12-19/h1-14,20,25H,15-17H2,(H,29,30). The van der Waals surface area contributed by atoms with Crippen LogP contribution in [0.15, 0.2) is 89.3 Å². The fourth-order valence-corrected chi connectivity index (χ4v) is 6.63. The van der Waals surface area contributed by atoms with E-state index in [4.69, 9.17) is 14.8 Å². The number of rotatable bonds is 9. The molecule has 1 aliphatic carbocycles. The summed E-state index contributed by atoms with van der Waals surface area (Å²) in [6, 6.07) is 29.2. The van der Waals surface area contributed by atoms with Gasteiger partial charge in [0.15, 0.2) is 4.34 Å². The molecule has 4 nitrogen and oxygen atoms in total. The van der Waals surface area contributed by atoms with Crippen LogP contribution in [0, 0.1) is 0 Å². The molecule has 0 saturated carbocycles. The minimum Gasteiger partial charge on any atom is -0.480 e. The van der Waals surface area contributed by atoms with E-state index in [2.05, 4.69) is 60.7 Å². The van der Waals surface area contributed by atoms with Crippen molar-refractivity contribution in [2.45, 2.75) is 22.8 Å². The van der Waals surface area contributed by atoms with Gasteiger partial charge in [0.2, 0.25) is 0 Å². The molecular weight excluding hydrogens is 450 g/mol. The van der Waals surface area contributed by atoms with Crippen LogP contribution in [0.4, 0.5) is 0 Å². The van der Waals surface area contributed by atoms with Gasteiger partial charge in [-0.3, -0.25) is 0 Å². The molecule has 1 aliphatic rings. The highest BCUT2D eigenvalue weighted by atomic mass is 32.2. The molecule has 4 aromatic rings. The van der Waals surface area contributed by atoms with Crippen LogP contribution in [0.5, 0.6) is 0 Å². The Morgan fingerprint density at radius 3 is 2.27 bits per heavy atom. The Kier molecular flexibility index (Phi) is 6.58. The second-order valence-electron chi connectivity index (χ2n) is 7.88. The quantitative estimate of drug-likeness (QED) is 0.277. The summed E-state index contributed by atoms with van der Waals surface area (Å²) in [5.41, 5.74) is 5.61. The number of hydrogen-bond donors (Lipinski definition) is 1. The van der Waals surface area contributed by atoms with Crippen molar-refractivity contribution < 1.29 is 14.6 Å². The van der Waals surface area contributed by atoms with Gasteiger partial charge in [-0.1, -0.05) is 96.7 Å². The Morgan fingerprint density at radius 2 is 1.61 bits per heavy atom. The molecule has 0 aliphatic heterocycles. The van der Waals surface area contributed by atoms with Crippen molar-refractivity contribution in [2.24, 2.45) is 0 Å². The fraction of sp³-hybridized carbons (Fsp3) is 0.185. The van der Waals surface area contributed by atoms with Crippen LogP contribution in [-0.2, 0) is 9.53 Å². The lowest BCUT2D eigenvalue weighted by molar-refractivity contribution is -0.143. The van der Waals surface area contributed by atoms with Gasteiger partial charge in [-0.25, -0.2) is 9.78 Å². The van der Waals surface area contributed by atoms with Crippen LogP contribution in [0.3, 0.4) is 0 Å². The number of thiazole rings is 1. The van der Waals surface area contributed by atoms with Gasteiger partial charge in [0, 0.05) is 17.2 Å². The molecule has 5 rings (SSSR count). The number of benzene rings is 3. The molecule has 1 aromatic heterocycles. The van der Waals surface area contributed by atoms with Gasteiger partial charge < -0.3 is 9.84 Å². The molecule has 6 heteroatoms. The number of carbonyl (C=O) groups is 1. The fourth-order valence-electron chi connectivity index (χ4n) is 4.31. The molecule has 1 unspecified atom stereocenters. The summed E-state index contributed by atoms with van der Waals surface area (Å²) in [6.07, 6.45) is 0.638. The number of nitrogens with zero attached hydrogens (tertiary/aromatic N) is 1. The average molecular weight is 474 g/mol. The maximum atomic E-state index is 11.1.